The van der Waals surface area contributed by atoms with Crippen molar-refractivity contribution in [3.05, 3.63) is 54.1 Å². The number of nitrogens with two attached hydrogens (primary N) is 2. The van der Waals surface area contributed by atoms with Crippen molar-refractivity contribution in [3.63, 3.8) is 0 Å². The number of likely N-dealkylation sites (tertiary alicyclic amines) is 1. The fourth-order valence-corrected chi connectivity index (χ4v) is 4.38. The highest BCUT2D eigenvalue weighted by Gasteiger charge is 2.37. The van der Waals surface area contributed by atoms with Gasteiger partial charge in [-0.15, -0.1) is 0 Å². The second kappa shape index (κ2) is 10.2. The van der Waals surface area contributed by atoms with Crippen molar-refractivity contribution in [1.29, 1.82) is 0 Å². The molecule has 0 radical (unpaired) electrons. The van der Waals surface area contributed by atoms with Crippen molar-refractivity contribution in [2.75, 3.05) is 31.8 Å². The van der Waals surface area contributed by atoms with Crippen molar-refractivity contribution >= 4 is 33.0 Å². The third-order valence-corrected chi connectivity index (χ3v) is 7.00. The number of hydrogen-bond acceptors (Lipinski definition) is 9. The SMILES string of the molecule is C=C(N)N=C(C)N=C(N)c1cc(C(C)N2CC(S(C)(=O)=O)C2)cnc1Nc1ccc(OC)nc1. The zero-order valence-corrected chi connectivity index (χ0v) is 20.5. The highest BCUT2D eigenvalue weighted by molar-refractivity contribution is 7.91. The van der Waals surface area contributed by atoms with Crippen LogP contribution in [0, 0.1) is 0 Å². The quantitative estimate of drug-likeness (QED) is 0.371. The average molecular weight is 487 g/mol. The Hall–Kier alpha value is -3.51. The van der Waals surface area contributed by atoms with E-state index in [4.69, 9.17) is 16.2 Å². The number of hydrogen-bond donors (Lipinski definition) is 3. The first-order chi connectivity index (χ1) is 16.0. The van der Waals surface area contributed by atoms with Crippen LogP contribution in [-0.2, 0) is 9.84 Å². The van der Waals surface area contributed by atoms with Crippen molar-refractivity contribution in [3.8, 4) is 5.88 Å². The molecular formula is C22H30N8O3S. The maximum absolute atomic E-state index is 11.8. The number of aliphatic imine (C=N–C) groups is 2. The van der Waals surface area contributed by atoms with Crippen LogP contribution < -0.4 is 21.5 Å². The van der Waals surface area contributed by atoms with Gasteiger partial charge in [0.15, 0.2) is 9.84 Å². The molecule has 1 saturated heterocycles. The average Bonchev–Trinajstić information content (AvgIpc) is 2.71. The van der Waals surface area contributed by atoms with Crippen LogP contribution in [0.3, 0.4) is 0 Å². The lowest BCUT2D eigenvalue weighted by Crippen LogP contribution is -2.54. The highest BCUT2D eigenvalue weighted by atomic mass is 32.2. The number of nitrogens with one attached hydrogen (secondary N) is 1. The number of sulfone groups is 1. The topological polar surface area (TPSA) is 161 Å². The molecule has 1 atom stereocenters. The molecule has 0 amide bonds. The number of rotatable bonds is 8. The molecule has 0 aromatic carbocycles. The number of nitrogens with zero attached hydrogens (tertiary/aromatic N) is 5. The second-order valence-electron chi connectivity index (χ2n) is 8.11. The van der Waals surface area contributed by atoms with Crippen molar-refractivity contribution in [2.45, 2.75) is 25.1 Å². The van der Waals surface area contributed by atoms with Gasteiger partial charge in [0.05, 0.1) is 29.8 Å². The van der Waals surface area contributed by atoms with Gasteiger partial charge >= 0.3 is 0 Å². The maximum Gasteiger partial charge on any atom is 0.213 e. The molecule has 3 rings (SSSR count). The molecule has 1 aliphatic rings. The fraction of sp³-hybridized carbons (Fsp3) is 0.364. The first-order valence-electron chi connectivity index (χ1n) is 10.5. The van der Waals surface area contributed by atoms with Crippen LogP contribution >= 0.6 is 0 Å². The molecule has 34 heavy (non-hydrogen) atoms. The Kier molecular flexibility index (Phi) is 7.52. The molecule has 2 aromatic rings. The Bertz CT molecular complexity index is 1220. The standard InChI is InChI=1S/C22H30N8O3S/c1-13(30-11-18(12-30)34(5,31)32)16-8-19(21(24)28-15(3)27-14(2)23)22(26-9-16)29-17-6-7-20(33-4)25-10-17/h6-10,13,18H,2,11-12,23H2,1,3-5H3,(H,26,29)(H2,24,27,28). The molecule has 1 aliphatic heterocycles. The van der Waals surface area contributed by atoms with Gasteiger partial charge in [0, 0.05) is 37.7 Å². The van der Waals surface area contributed by atoms with E-state index in [0.717, 1.165) is 5.56 Å². The summed E-state index contributed by atoms with van der Waals surface area (Å²) in [4.78, 5) is 19.2. The van der Waals surface area contributed by atoms with Gasteiger partial charge < -0.3 is 21.5 Å². The summed E-state index contributed by atoms with van der Waals surface area (Å²) in [6, 6.07) is 5.35. The summed E-state index contributed by atoms with van der Waals surface area (Å²) in [7, 11) is -1.51. The van der Waals surface area contributed by atoms with E-state index < -0.39 is 9.84 Å². The minimum atomic E-state index is -3.06. The number of methoxy groups -OCH3 is 1. The lowest BCUT2D eigenvalue weighted by molar-refractivity contribution is 0.132. The summed E-state index contributed by atoms with van der Waals surface area (Å²) in [5.41, 5.74) is 14.0. The van der Waals surface area contributed by atoms with Crippen LogP contribution in [0.5, 0.6) is 5.88 Å². The molecular weight excluding hydrogens is 456 g/mol. The van der Waals surface area contributed by atoms with Gasteiger partial charge in [0.25, 0.3) is 0 Å². The largest absolute Gasteiger partial charge is 0.481 e. The molecule has 0 aliphatic carbocycles. The number of aromatic nitrogens is 2. The molecule has 3 heterocycles. The smallest absolute Gasteiger partial charge is 0.213 e. The van der Waals surface area contributed by atoms with E-state index >= 15 is 0 Å². The van der Waals surface area contributed by atoms with E-state index in [1.807, 2.05) is 13.0 Å². The van der Waals surface area contributed by atoms with Crippen molar-refractivity contribution in [1.82, 2.24) is 14.9 Å². The Morgan fingerprint density at radius 3 is 2.53 bits per heavy atom. The van der Waals surface area contributed by atoms with Gasteiger partial charge in [-0.3, -0.25) is 4.90 Å². The molecule has 11 nitrogen and oxygen atoms in total. The Labute approximate surface area is 199 Å². The minimum absolute atomic E-state index is 0.0627. The van der Waals surface area contributed by atoms with E-state index in [9.17, 15) is 8.42 Å². The Morgan fingerprint density at radius 2 is 1.97 bits per heavy atom. The molecule has 12 heteroatoms. The van der Waals surface area contributed by atoms with Gasteiger partial charge in [-0.25, -0.2) is 28.4 Å². The van der Waals surface area contributed by atoms with Gasteiger partial charge in [-0.05, 0) is 31.5 Å². The van der Waals surface area contributed by atoms with Gasteiger partial charge in [0.2, 0.25) is 5.88 Å². The van der Waals surface area contributed by atoms with Crippen molar-refractivity contribution in [2.24, 2.45) is 21.5 Å². The van der Waals surface area contributed by atoms with Gasteiger partial charge in [0.1, 0.15) is 23.3 Å². The molecule has 182 valence electrons. The first kappa shape index (κ1) is 25.1. The molecule has 5 N–H and O–H groups in total. The summed E-state index contributed by atoms with van der Waals surface area (Å²) in [6.45, 7) is 8.16. The summed E-state index contributed by atoms with van der Waals surface area (Å²) in [6.07, 6.45) is 4.62. The lowest BCUT2D eigenvalue weighted by atomic mass is 10.0. The molecule has 1 unspecified atom stereocenters. The highest BCUT2D eigenvalue weighted by Crippen LogP contribution is 2.30. The van der Waals surface area contributed by atoms with Gasteiger partial charge in [-0.1, -0.05) is 6.58 Å². The lowest BCUT2D eigenvalue weighted by Gasteiger charge is -2.42. The maximum atomic E-state index is 11.8. The van der Waals surface area contributed by atoms with Gasteiger partial charge in [-0.2, -0.15) is 0 Å². The monoisotopic (exact) mass is 486 g/mol. The van der Waals surface area contributed by atoms with E-state index in [1.165, 1.54) is 6.26 Å². The van der Waals surface area contributed by atoms with Crippen LogP contribution in [0.15, 0.2) is 53.0 Å². The van der Waals surface area contributed by atoms with Crippen LogP contribution in [0.4, 0.5) is 11.5 Å². The summed E-state index contributed by atoms with van der Waals surface area (Å²) < 4.78 is 28.7. The fourth-order valence-electron chi connectivity index (χ4n) is 3.45. The second-order valence-corrected chi connectivity index (χ2v) is 10.4. The third kappa shape index (κ3) is 6.08. The molecule has 0 bridgehead atoms. The Balaban J connectivity index is 1.93. The molecule has 0 saturated carbocycles. The predicted molar refractivity (Wildman–Crippen MR) is 134 cm³/mol. The van der Waals surface area contributed by atoms with E-state index in [-0.39, 0.29) is 22.9 Å². The van der Waals surface area contributed by atoms with Crippen LogP contribution in [-0.4, -0.2) is 66.7 Å². The number of anilines is 2. The molecule has 0 spiro atoms. The normalized spacial score (nSPS) is 16.6. The third-order valence-electron chi connectivity index (χ3n) is 5.49. The number of ether oxygens (including phenoxy) is 1. The van der Waals surface area contributed by atoms with Crippen LogP contribution in [0.2, 0.25) is 0 Å². The summed E-state index contributed by atoms with van der Waals surface area (Å²) in [5, 5.41) is 2.86. The van der Waals surface area contributed by atoms with Crippen molar-refractivity contribution < 1.29 is 13.2 Å². The van der Waals surface area contributed by atoms with E-state index in [1.54, 1.807) is 38.6 Å². The minimum Gasteiger partial charge on any atom is -0.481 e. The summed E-state index contributed by atoms with van der Waals surface area (Å²) in [5.74, 6) is 1.61. The predicted octanol–water partition coefficient (Wildman–Crippen LogP) is 1.57. The zero-order valence-electron chi connectivity index (χ0n) is 19.7. The summed E-state index contributed by atoms with van der Waals surface area (Å²) >= 11 is 0. The first-order valence-corrected chi connectivity index (χ1v) is 12.5. The van der Waals surface area contributed by atoms with Crippen LogP contribution in [0.1, 0.15) is 31.0 Å². The molecule has 2 aromatic heterocycles. The number of pyridine rings is 2. The Morgan fingerprint density at radius 1 is 1.26 bits per heavy atom. The van der Waals surface area contributed by atoms with E-state index in [2.05, 4.69) is 36.7 Å². The van der Waals surface area contributed by atoms with Crippen LogP contribution in [0.25, 0.3) is 0 Å². The number of amidine groups is 2. The zero-order chi connectivity index (χ0) is 25.0. The molecule has 1 fully saturated rings. The van der Waals surface area contributed by atoms with E-state index in [0.29, 0.717) is 41.9 Å².